The van der Waals surface area contributed by atoms with Gasteiger partial charge in [0.2, 0.25) is 0 Å². The van der Waals surface area contributed by atoms with Crippen molar-refractivity contribution >= 4 is 81.6 Å². The van der Waals surface area contributed by atoms with Gasteiger partial charge in [-0.3, -0.25) is 34.2 Å². The molecule has 20 nitrogen and oxygen atoms in total. The van der Waals surface area contributed by atoms with Crippen molar-refractivity contribution in [3.05, 3.63) is 160 Å². The number of hydrogen-bond donors (Lipinski definition) is 4. The van der Waals surface area contributed by atoms with E-state index in [0.717, 1.165) is 11.3 Å². The van der Waals surface area contributed by atoms with Crippen LogP contribution in [-0.2, 0) is 40.1 Å². The Kier molecular flexibility index (Phi) is 17.5. The van der Waals surface area contributed by atoms with Crippen molar-refractivity contribution in [3.8, 4) is 0 Å². The first-order chi connectivity index (χ1) is 42.4. The summed E-state index contributed by atoms with van der Waals surface area (Å²) in [6, 6.07) is 11.7. The molecule has 11 rings (SSSR count). The predicted octanol–water partition coefficient (Wildman–Crippen LogP) is 8.15. The maximum atomic E-state index is 17.1. The van der Waals surface area contributed by atoms with Gasteiger partial charge in [-0.2, -0.15) is 0 Å². The number of alkyl halides is 2. The molecule has 468 valence electrons. The molecule has 4 fully saturated rings. The summed E-state index contributed by atoms with van der Waals surface area (Å²) in [5.74, 6) is -7.87. The predicted molar refractivity (Wildman–Crippen MR) is 320 cm³/mol. The zero-order valence-electron chi connectivity index (χ0n) is 49.0. The molecule has 0 aliphatic carbocycles. The maximum absolute atomic E-state index is 17.1. The van der Waals surface area contributed by atoms with E-state index in [0.29, 0.717) is 26.7 Å². The van der Waals surface area contributed by atoms with Crippen LogP contribution in [0.5, 0.6) is 0 Å². The van der Waals surface area contributed by atoms with Crippen LogP contribution in [0.3, 0.4) is 0 Å². The van der Waals surface area contributed by atoms with Gasteiger partial charge in [0.05, 0.1) is 44.7 Å². The summed E-state index contributed by atoms with van der Waals surface area (Å²) < 4.78 is 76.5. The summed E-state index contributed by atoms with van der Waals surface area (Å²) in [6.07, 6.45) is 2.65. The molecule has 4 N–H and O–H groups in total. The molecule has 0 bridgehead atoms. The molecular formula is C62H63ClF4N10O10S2. The highest BCUT2D eigenvalue weighted by molar-refractivity contribution is 7.13. The molecular weight excluding hydrogens is 1220 g/mol. The second kappa shape index (κ2) is 24.8. The van der Waals surface area contributed by atoms with Crippen LogP contribution in [0.1, 0.15) is 106 Å². The molecule has 6 aliphatic rings. The van der Waals surface area contributed by atoms with Crippen LogP contribution in [0.15, 0.2) is 111 Å². The number of amides is 2. The first-order valence-corrected chi connectivity index (χ1v) is 31.0. The summed E-state index contributed by atoms with van der Waals surface area (Å²) in [6.45, 7) is 7.60. The number of amidine groups is 2. The Bertz CT molecular complexity index is 3810. The Balaban J connectivity index is 0.875. The normalized spacial score (nSPS) is 24.4. The first-order valence-electron chi connectivity index (χ1n) is 28.9. The number of aliphatic carboxylic acids is 1. The summed E-state index contributed by atoms with van der Waals surface area (Å²) in [5.41, 5.74) is -3.81. The average Bonchev–Trinajstić information content (AvgIpc) is 1.93. The zero-order chi connectivity index (χ0) is 63.4. The molecule has 0 radical (unpaired) electrons. The van der Waals surface area contributed by atoms with Crippen LogP contribution in [-0.4, -0.2) is 164 Å². The molecule has 8 heterocycles. The maximum Gasteiger partial charge on any atom is 0.338 e. The van der Waals surface area contributed by atoms with E-state index in [9.17, 15) is 39.0 Å². The van der Waals surface area contributed by atoms with Crippen LogP contribution in [0, 0.1) is 35.8 Å². The van der Waals surface area contributed by atoms with Crippen LogP contribution in [0.4, 0.5) is 17.6 Å². The number of carbonyl (C=O) groups is 6. The smallest absolute Gasteiger partial charge is 0.338 e. The third kappa shape index (κ3) is 12.1. The SMILES string of the molecule is CCOC(=O)C1=C(CN2CC[C@]3(F)C(=O)N([C@H](C)c4ccc(C(=O)O)cc4)CC3C2)NC(c2ncc(COC(=O)C3=C(CN4CC[C@]5(F)C(=O)N(CC(C)(C)C(=O)O)C[C@@H]5C4)NC(c4nccs4)=N[C@H]3c3cccc(F)c3Cl)s2)=N[C@H]1c1cccc(F)c1C. The Morgan fingerprint density at radius 1 is 0.787 bits per heavy atom. The number of halogens is 5. The summed E-state index contributed by atoms with van der Waals surface area (Å²) in [7, 11) is 0. The number of fused-ring (bicyclic) bond motifs is 2. The number of nitrogens with one attached hydrogen (secondary N) is 2. The van der Waals surface area contributed by atoms with Gasteiger partial charge in [-0.05, 0) is 75.6 Å². The highest BCUT2D eigenvalue weighted by Crippen LogP contribution is 2.46. The Morgan fingerprint density at radius 3 is 1.98 bits per heavy atom. The van der Waals surface area contributed by atoms with E-state index in [4.69, 9.17) is 31.1 Å². The van der Waals surface area contributed by atoms with Crippen molar-refractivity contribution in [2.24, 2.45) is 27.2 Å². The number of hydrogen-bond acceptors (Lipinski definition) is 18. The fourth-order valence-electron chi connectivity index (χ4n) is 12.6. The van der Waals surface area contributed by atoms with E-state index in [2.05, 4.69) is 20.6 Å². The fourth-order valence-corrected chi connectivity index (χ4v) is 14.2. The lowest BCUT2D eigenvalue weighted by molar-refractivity contribution is -0.150. The summed E-state index contributed by atoms with van der Waals surface area (Å²) in [5, 5.41) is 28.0. The minimum absolute atomic E-state index is 0.00398. The molecule has 2 aromatic heterocycles. The molecule has 0 spiro atoms. The van der Waals surface area contributed by atoms with Crippen molar-refractivity contribution in [2.75, 3.05) is 65.5 Å². The van der Waals surface area contributed by atoms with Crippen LogP contribution >= 0.6 is 34.3 Å². The number of ether oxygens (including phenoxy) is 2. The van der Waals surface area contributed by atoms with Gasteiger partial charge in [0.25, 0.3) is 11.8 Å². The van der Waals surface area contributed by atoms with Gasteiger partial charge in [0.15, 0.2) is 33.0 Å². The van der Waals surface area contributed by atoms with Crippen molar-refractivity contribution in [1.29, 1.82) is 0 Å². The topological polar surface area (TPSA) is 249 Å². The van der Waals surface area contributed by atoms with Gasteiger partial charge in [0, 0.05) is 118 Å². The number of aliphatic imine (C=N–C) groups is 2. The number of carbonyl (C=O) groups excluding carboxylic acids is 4. The molecule has 7 atom stereocenters. The van der Waals surface area contributed by atoms with Gasteiger partial charge < -0.3 is 40.1 Å². The second-order valence-corrected chi connectivity index (χ2v) is 26.1. The van der Waals surface area contributed by atoms with E-state index in [1.807, 2.05) is 9.80 Å². The number of benzene rings is 3. The summed E-state index contributed by atoms with van der Waals surface area (Å²) >= 11 is 9.01. The standard InChI is InChI=1S/C62H63ClF4N10O10S2/c1-6-86-55(80)45-43(28-75-21-18-62(67)37(25-75)27-77(58(62)83)33(3)34-13-15-35(16-14-34)54(78)79)71-51(72-48(45)39-9-7-11-41(64)32(39)2)53-69-23-38(89-53)30-87-56(81)46-44(70-50(52-68-19-22-88-52)73-49(46)40-10-8-12-42(65)47(40)63)29-74-20-17-61(66)36(24-74)26-76(57(61)82)31-60(4,5)59(84)85/h7-16,19,22-23,33,36-37,48-49H,6,17-18,20-21,24-31H2,1-5H3,(H,70,73)(H,71,72)(H,78,79)(H,84,85)/t33-,36+,37?,48+,49+,61-,62-/m1/s1. The molecule has 1 unspecified atom stereocenters. The lowest BCUT2D eigenvalue weighted by Crippen LogP contribution is -2.52. The highest BCUT2D eigenvalue weighted by Gasteiger charge is 2.59. The van der Waals surface area contributed by atoms with Crippen molar-refractivity contribution in [3.63, 3.8) is 0 Å². The third-order valence-corrected chi connectivity index (χ3v) is 19.7. The molecule has 5 aromatic rings. The largest absolute Gasteiger partial charge is 0.481 e. The number of aromatic carboxylic acids is 1. The number of carboxylic acids is 2. The van der Waals surface area contributed by atoms with Crippen molar-refractivity contribution < 1.29 is 66.0 Å². The minimum Gasteiger partial charge on any atom is -0.481 e. The van der Waals surface area contributed by atoms with E-state index in [-0.39, 0.29) is 140 Å². The molecule has 3 aromatic carbocycles. The summed E-state index contributed by atoms with van der Waals surface area (Å²) in [4.78, 5) is 106. The molecule has 2 amide bonds. The zero-order valence-corrected chi connectivity index (χ0v) is 51.4. The number of nitrogens with zero attached hydrogens (tertiary/aromatic N) is 8. The molecule has 4 saturated heterocycles. The number of rotatable bonds is 19. The number of likely N-dealkylation sites (tertiary alicyclic amines) is 4. The van der Waals surface area contributed by atoms with Crippen molar-refractivity contribution in [2.45, 2.75) is 83.5 Å². The lowest BCUT2D eigenvalue weighted by atomic mass is 9.84. The second-order valence-electron chi connectivity index (χ2n) is 23.7. The number of carboxylic acid groups (broad SMARTS) is 2. The highest BCUT2D eigenvalue weighted by atomic mass is 35.5. The van der Waals surface area contributed by atoms with Gasteiger partial charge in [-0.25, -0.2) is 41.9 Å². The number of thiazole rings is 2. The van der Waals surface area contributed by atoms with Crippen LogP contribution < -0.4 is 10.6 Å². The van der Waals surface area contributed by atoms with Crippen molar-refractivity contribution in [1.82, 2.24) is 40.2 Å². The minimum atomic E-state index is -2.25. The number of esters is 2. The molecule has 89 heavy (non-hydrogen) atoms. The molecule has 6 aliphatic heterocycles. The lowest BCUT2D eigenvalue weighted by Gasteiger charge is -2.38. The van der Waals surface area contributed by atoms with Gasteiger partial charge in [-0.1, -0.05) is 48.0 Å². The van der Waals surface area contributed by atoms with Gasteiger partial charge in [-0.15, -0.1) is 22.7 Å². The van der Waals surface area contributed by atoms with E-state index in [1.165, 1.54) is 83.6 Å². The van der Waals surface area contributed by atoms with Crippen LogP contribution in [0.2, 0.25) is 5.02 Å². The first kappa shape index (κ1) is 62.7. The van der Waals surface area contributed by atoms with E-state index in [1.54, 1.807) is 50.5 Å². The Hall–Kier alpha value is -7.91. The average molecular weight is 1280 g/mol. The molecule has 27 heteroatoms. The third-order valence-electron chi connectivity index (χ3n) is 17.6. The van der Waals surface area contributed by atoms with Gasteiger partial charge >= 0.3 is 23.9 Å². The van der Waals surface area contributed by atoms with E-state index >= 15 is 17.6 Å². The molecule has 0 saturated carbocycles. The number of aromatic nitrogens is 2. The Morgan fingerprint density at radius 2 is 1.37 bits per heavy atom. The van der Waals surface area contributed by atoms with E-state index < -0.39 is 94.0 Å². The monoisotopic (exact) mass is 1280 g/mol. The number of piperidine rings is 2. The quantitative estimate of drug-likeness (QED) is 0.0450. The fraction of sp³-hybridized carbons (Fsp3) is 0.419. The Labute approximate surface area is 522 Å². The van der Waals surface area contributed by atoms with Crippen LogP contribution in [0.25, 0.3) is 0 Å². The van der Waals surface area contributed by atoms with Gasteiger partial charge in [0.1, 0.15) is 30.3 Å².